The molecule has 0 radical (unpaired) electrons. The summed E-state index contributed by atoms with van der Waals surface area (Å²) in [5, 5.41) is 13.8. The smallest absolute Gasteiger partial charge is 0.338 e. The average molecular weight is 517 g/mol. The van der Waals surface area contributed by atoms with Crippen molar-refractivity contribution in [3.8, 4) is 0 Å². The molecule has 12 nitrogen and oxygen atoms in total. The van der Waals surface area contributed by atoms with Gasteiger partial charge in [-0.05, 0) is 43.2 Å². The van der Waals surface area contributed by atoms with Gasteiger partial charge >= 0.3 is 5.97 Å². The lowest BCUT2D eigenvalue weighted by molar-refractivity contribution is 0.0688. The molecular formula is C23H28N6O6S. The monoisotopic (exact) mass is 516 g/mol. The van der Waals surface area contributed by atoms with E-state index < -0.39 is 21.9 Å². The van der Waals surface area contributed by atoms with Gasteiger partial charge in [0, 0.05) is 56.6 Å². The Morgan fingerprint density at radius 2 is 1.89 bits per heavy atom. The number of rotatable bonds is 7. The molecule has 0 spiro atoms. The first-order valence-corrected chi connectivity index (χ1v) is 13.0. The zero-order valence-corrected chi connectivity index (χ0v) is 20.8. The van der Waals surface area contributed by atoms with Crippen LogP contribution in [0.4, 0.5) is 0 Å². The van der Waals surface area contributed by atoms with Gasteiger partial charge in [0.25, 0.3) is 11.5 Å². The number of nitrogens with two attached hydrogens (primary N) is 1. The molecule has 1 aliphatic heterocycles. The molecule has 0 bridgehead atoms. The Labute approximate surface area is 207 Å². The van der Waals surface area contributed by atoms with E-state index in [1.807, 2.05) is 0 Å². The van der Waals surface area contributed by atoms with Gasteiger partial charge in [0.1, 0.15) is 5.69 Å². The van der Waals surface area contributed by atoms with E-state index in [2.05, 4.69) is 10.1 Å². The van der Waals surface area contributed by atoms with Crippen molar-refractivity contribution in [1.29, 1.82) is 0 Å². The zero-order valence-electron chi connectivity index (χ0n) is 20.0. The lowest BCUT2D eigenvalue weighted by Gasteiger charge is -2.34. The predicted molar refractivity (Wildman–Crippen MR) is 132 cm³/mol. The quantitative estimate of drug-likeness (QED) is 0.398. The summed E-state index contributed by atoms with van der Waals surface area (Å²) in [5.74, 6) is -1.74. The molecule has 3 aromatic rings. The van der Waals surface area contributed by atoms with Gasteiger partial charge < -0.3 is 20.7 Å². The molecule has 4 rings (SSSR count). The van der Waals surface area contributed by atoms with Gasteiger partial charge in [-0.1, -0.05) is 0 Å². The highest BCUT2D eigenvalue weighted by Crippen LogP contribution is 2.24. The van der Waals surface area contributed by atoms with E-state index in [1.54, 1.807) is 32.0 Å². The van der Waals surface area contributed by atoms with Gasteiger partial charge in [-0.15, -0.1) is 0 Å². The maximum Gasteiger partial charge on any atom is 0.338 e. The molecule has 192 valence electrons. The number of carbonyl (C=O) groups is 2. The highest BCUT2D eigenvalue weighted by Gasteiger charge is 2.32. The topological polar surface area (TPSA) is 171 Å². The second-order valence-electron chi connectivity index (χ2n) is 8.72. The first-order chi connectivity index (χ1) is 17.0. The number of aromatic nitrogens is 3. The summed E-state index contributed by atoms with van der Waals surface area (Å²) in [4.78, 5) is 41.4. The van der Waals surface area contributed by atoms with E-state index in [-0.39, 0.29) is 61.7 Å². The Balaban J connectivity index is 1.45. The Morgan fingerprint density at radius 3 is 2.50 bits per heavy atom. The molecule has 3 aromatic heterocycles. The first kappa shape index (κ1) is 25.5. The van der Waals surface area contributed by atoms with Crippen LogP contribution in [-0.4, -0.2) is 81.1 Å². The lowest BCUT2D eigenvalue weighted by atomic mass is 10.1. The van der Waals surface area contributed by atoms with Gasteiger partial charge in [0.2, 0.25) is 10.0 Å². The second kappa shape index (κ2) is 9.84. The molecule has 0 aromatic carbocycles. The number of aromatic carboxylic acids is 1. The molecule has 1 aliphatic rings. The van der Waals surface area contributed by atoms with Crippen LogP contribution in [0.25, 0.3) is 5.52 Å². The number of H-pyrrole nitrogens is 1. The summed E-state index contributed by atoms with van der Waals surface area (Å²) in [6, 6.07) is 4.92. The number of pyridine rings is 1. The Bertz CT molecular complexity index is 1500. The molecule has 1 saturated heterocycles. The minimum Gasteiger partial charge on any atom is -0.478 e. The number of aryl methyl sites for hydroxylation is 2. The maximum absolute atomic E-state index is 13.3. The number of carboxylic acids is 1. The summed E-state index contributed by atoms with van der Waals surface area (Å²) in [7, 11) is -3.63. The third-order valence-electron chi connectivity index (χ3n) is 6.53. The van der Waals surface area contributed by atoms with Crippen molar-refractivity contribution < 1.29 is 23.1 Å². The summed E-state index contributed by atoms with van der Waals surface area (Å²) in [6.45, 7) is 3.96. The number of carboxylic acid groups (broad SMARTS) is 1. The molecule has 0 saturated carbocycles. The Morgan fingerprint density at radius 1 is 1.19 bits per heavy atom. The van der Waals surface area contributed by atoms with Crippen LogP contribution in [0, 0.1) is 13.8 Å². The van der Waals surface area contributed by atoms with Crippen molar-refractivity contribution in [2.45, 2.75) is 26.8 Å². The van der Waals surface area contributed by atoms with Crippen LogP contribution >= 0.6 is 0 Å². The third kappa shape index (κ3) is 4.64. The summed E-state index contributed by atoms with van der Waals surface area (Å²) >= 11 is 0. The fraction of sp³-hybridized carbons (Fsp3) is 0.391. The van der Waals surface area contributed by atoms with Crippen LogP contribution < -0.4 is 11.3 Å². The second-order valence-corrected chi connectivity index (χ2v) is 10.8. The number of nitrogens with zero attached hydrogens (tertiary/aromatic N) is 4. The van der Waals surface area contributed by atoms with Crippen molar-refractivity contribution in [2.24, 2.45) is 5.73 Å². The standard InChI is InChI=1S/C23H28N6O6S/c1-14-12-16(26-21(30)17(14)13-24)5-11-36(34,35)28-9-7-27(8-10-28)22(31)20-15(2)19(23(32)33)18-4-3-6-25-29(18)20/h3-4,6,12H,5,7-11,13,24H2,1-2H3,(H,26,30)(H,32,33). The molecule has 13 heteroatoms. The number of hydrogen-bond acceptors (Lipinski definition) is 7. The normalized spacial score (nSPS) is 14.9. The SMILES string of the molecule is Cc1cc(CCS(=O)(=O)N2CCN(C(=O)c3c(C)c(C(=O)O)c4cccnn34)CC2)[nH]c(=O)c1CN. The Hall–Kier alpha value is -3.55. The van der Waals surface area contributed by atoms with E-state index in [9.17, 15) is 27.9 Å². The van der Waals surface area contributed by atoms with E-state index in [4.69, 9.17) is 5.73 Å². The van der Waals surface area contributed by atoms with E-state index in [1.165, 1.54) is 19.9 Å². The minimum atomic E-state index is -3.63. The van der Waals surface area contributed by atoms with E-state index in [0.717, 1.165) is 5.56 Å². The highest BCUT2D eigenvalue weighted by molar-refractivity contribution is 7.89. The maximum atomic E-state index is 13.3. The van der Waals surface area contributed by atoms with Crippen molar-refractivity contribution in [1.82, 2.24) is 23.8 Å². The largest absolute Gasteiger partial charge is 0.478 e. The molecule has 4 heterocycles. The van der Waals surface area contributed by atoms with Crippen LogP contribution in [0.2, 0.25) is 0 Å². The number of nitrogens with one attached hydrogen (secondary N) is 1. The van der Waals surface area contributed by atoms with Gasteiger partial charge in [0.05, 0.1) is 16.8 Å². The lowest BCUT2D eigenvalue weighted by Crippen LogP contribution is -2.51. The van der Waals surface area contributed by atoms with Crippen molar-refractivity contribution in [2.75, 3.05) is 31.9 Å². The van der Waals surface area contributed by atoms with Gasteiger partial charge in [-0.25, -0.2) is 17.7 Å². The Kier molecular flexibility index (Phi) is 6.98. The predicted octanol–water partition coefficient (Wildman–Crippen LogP) is 0.127. The van der Waals surface area contributed by atoms with Gasteiger partial charge in [0.15, 0.2) is 0 Å². The number of amides is 1. The summed E-state index contributed by atoms with van der Waals surface area (Å²) < 4.78 is 28.5. The zero-order chi connectivity index (χ0) is 26.2. The fourth-order valence-electron chi connectivity index (χ4n) is 4.59. The van der Waals surface area contributed by atoms with Gasteiger partial charge in [-0.3, -0.25) is 9.59 Å². The number of sulfonamides is 1. The average Bonchev–Trinajstić information content (AvgIpc) is 3.14. The van der Waals surface area contributed by atoms with Crippen molar-refractivity contribution in [3.63, 3.8) is 0 Å². The van der Waals surface area contributed by atoms with E-state index >= 15 is 0 Å². The first-order valence-electron chi connectivity index (χ1n) is 11.4. The molecule has 36 heavy (non-hydrogen) atoms. The number of piperazine rings is 1. The van der Waals surface area contributed by atoms with Gasteiger partial charge in [-0.2, -0.15) is 9.40 Å². The molecule has 0 atom stereocenters. The molecule has 1 amide bonds. The minimum absolute atomic E-state index is 0.0143. The van der Waals surface area contributed by atoms with Crippen LogP contribution in [0.1, 0.15) is 43.2 Å². The van der Waals surface area contributed by atoms with Crippen LogP contribution in [-0.2, 0) is 23.0 Å². The number of hydrogen-bond donors (Lipinski definition) is 3. The van der Waals surface area contributed by atoms with Crippen LogP contribution in [0.5, 0.6) is 0 Å². The molecule has 0 unspecified atom stereocenters. The summed E-state index contributed by atoms with van der Waals surface area (Å²) in [6.07, 6.45) is 1.61. The molecule has 0 aliphatic carbocycles. The third-order valence-corrected chi connectivity index (χ3v) is 8.40. The molecule has 1 fully saturated rings. The van der Waals surface area contributed by atoms with Crippen molar-refractivity contribution >= 4 is 27.4 Å². The number of fused-ring (bicyclic) bond motifs is 1. The van der Waals surface area contributed by atoms with Crippen molar-refractivity contribution in [3.05, 3.63) is 68.4 Å². The fourth-order valence-corrected chi connectivity index (χ4v) is 6.05. The highest BCUT2D eigenvalue weighted by atomic mass is 32.2. The van der Waals surface area contributed by atoms with Crippen LogP contribution in [0.3, 0.4) is 0 Å². The number of carbonyl (C=O) groups excluding carboxylic acids is 1. The van der Waals surface area contributed by atoms with Crippen LogP contribution in [0.15, 0.2) is 29.2 Å². The molecule has 4 N–H and O–H groups in total. The van der Waals surface area contributed by atoms with E-state index in [0.29, 0.717) is 22.3 Å². The number of aromatic amines is 1. The summed E-state index contributed by atoms with van der Waals surface area (Å²) in [5.41, 5.74) is 7.77. The molecular weight excluding hydrogens is 488 g/mol.